The van der Waals surface area contributed by atoms with Gasteiger partial charge in [-0.25, -0.2) is 0 Å². The van der Waals surface area contributed by atoms with Crippen LogP contribution in [0.4, 0.5) is 0 Å². The van der Waals surface area contributed by atoms with Crippen LogP contribution in [0.2, 0.25) is 0 Å². The molecule has 2 N–H and O–H groups in total. The Morgan fingerprint density at radius 1 is 1.75 bits per heavy atom. The van der Waals surface area contributed by atoms with E-state index in [4.69, 9.17) is 11.0 Å². The summed E-state index contributed by atoms with van der Waals surface area (Å²) >= 11 is 0. The number of carbonyl (C=O) groups is 1. The lowest BCUT2D eigenvalue weighted by atomic mass is 10.3. The van der Waals surface area contributed by atoms with Crippen LogP contribution >= 0.6 is 0 Å². The number of amides is 1. The lowest BCUT2D eigenvalue weighted by molar-refractivity contribution is -0.130. The van der Waals surface area contributed by atoms with Crippen molar-refractivity contribution in [1.29, 1.82) is 5.26 Å². The molecule has 0 aliphatic rings. The van der Waals surface area contributed by atoms with E-state index in [2.05, 4.69) is 0 Å². The van der Waals surface area contributed by atoms with E-state index in [1.807, 2.05) is 13.0 Å². The van der Waals surface area contributed by atoms with Crippen LogP contribution in [0.15, 0.2) is 0 Å². The number of rotatable bonds is 4. The highest BCUT2D eigenvalue weighted by Gasteiger charge is 2.16. The molecule has 0 rings (SSSR count). The Balaban J connectivity index is 4.23. The minimum Gasteiger partial charge on any atom is -0.326 e. The molecule has 1 atom stereocenters. The molecule has 0 fully saturated rings. The Morgan fingerprint density at radius 2 is 2.33 bits per heavy atom. The van der Waals surface area contributed by atoms with Crippen LogP contribution in [0, 0.1) is 11.3 Å². The van der Waals surface area contributed by atoms with Crippen LogP contribution in [0.25, 0.3) is 0 Å². The van der Waals surface area contributed by atoms with Gasteiger partial charge in [-0.05, 0) is 13.3 Å². The fourth-order valence-corrected chi connectivity index (χ4v) is 0.962. The van der Waals surface area contributed by atoms with Crippen molar-refractivity contribution in [2.45, 2.75) is 26.3 Å². The summed E-state index contributed by atoms with van der Waals surface area (Å²) in [5, 5.41) is 8.59. The first kappa shape index (κ1) is 10.9. The first-order chi connectivity index (χ1) is 5.67. The highest BCUT2D eigenvalue weighted by Crippen LogP contribution is 1.99. The predicted molar refractivity (Wildman–Crippen MR) is 46.1 cm³/mol. The molecule has 0 spiro atoms. The third kappa shape index (κ3) is 2.89. The van der Waals surface area contributed by atoms with Crippen molar-refractivity contribution in [3.8, 4) is 6.07 Å². The fourth-order valence-electron chi connectivity index (χ4n) is 0.962. The van der Waals surface area contributed by atoms with Crippen molar-refractivity contribution in [2.24, 2.45) is 5.73 Å². The molecule has 4 nitrogen and oxygen atoms in total. The van der Waals surface area contributed by atoms with Crippen LogP contribution in [-0.4, -0.2) is 29.9 Å². The van der Waals surface area contributed by atoms with E-state index in [1.54, 1.807) is 6.92 Å². The smallest absolute Gasteiger partial charge is 0.237 e. The van der Waals surface area contributed by atoms with Gasteiger partial charge in [0.05, 0.1) is 12.6 Å². The predicted octanol–water partition coefficient (Wildman–Crippen LogP) is 0.0958. The van der Waals surface area contributed by atoms with Crippen molar-refractivity contribution >= 4 is 5.91 Å². The van der Waals surface area contributed by atoms with Gasteiger partial charge in [0.15, 0.2) is 0 Å². The second kappa shape index (κ2) is 5.56. The Labute approximate surface area is 72.9 Å². The molecular weight excluding hydrogens is 154 g/mol. The molecule has 4 heteroatoms. The molecule has 0 aromatic heterocycles. The van der Waals surface area contributed by atoms with Crippen LogP contribution in [-0.2, 0) is 4.79 Å². The van der Waals surface area contributed by atoms with Gasteiger partial charge in [-0.2, -0.15) is 5.26 Å². The van der Waals surface area contributed by atoms with Gasteiger partial charge in [0.2, 0.25) is 5.91 Å². The summed E-state index contributed by atoms with van der Waals surface area (Å²) in [5.74, 6) is -0.161. The summed E-state index contributed by atoms with van der Waals surface area (Å²) in [7, 11) is 0. The topological polar surface area (TPSA) is 70.1 Å². The normalized spacial score (nSPS) is 11.8. The van der Waals surface area contributed by atoms with E-state index in [0.29, 0.717) is 6.54 Å². The van der Waals surface area contributed by atoms with Crippen molar-refractivity contribution in [1.82, 2.24) is 4.90 Å². The minimum atomic E-state index is -0.374. The van der Waals surface area contributed by atoms with Gasteiger partial charge in [0.25, 0.3) is 0 Å². The van der Waals surface area contributed by atoms with Crippen LogP contribution in [0.1, 0.15) is 20.3 Å². The number of hydrogen-bond donors (Lipinski definition) is 1. The maximum absolute atomic E-state index is 11.2. The molecule has 0 aromatic carbocycles. The number of nitrogens with two attached hydrogens (primary N) is 1. The summed E-state index contributed by atoms with van der Waals surface area (Å²) in [4.78, 5) is 12.7. The molecule has 0 aromatic rings. The molecule has 0 radical (unpaired) electrons. The molecule has 0 heterocycles. The average Bonchev–Trinajstić information content (AvgIpc) is 2.11. The number of carbonyl (C=O) groups excluding carboxylic acids is 1. The third-order valence-electron chi connectivity index (χ3n) is 1.61. The van der Waals surface area contributed by atoms with Crippen LogP contribution in [0.3, 0.4) is 0 Å². The molecule has 0 aliphatic heterocycles. The molecule has 1 unspecified atom stereocenters. The van der Waals surface area contributed by atoms with E-state index in [1.165, 1.54) is 4.90 Å². The van der Waals surface area contributed by atoms with Crippen molar-refractivity contribution < 1.29 is 4.79 Å². The second-order valence-corrected chi connectivity index (χ2v) is 2.60. The third-order valence-corrected chi connectivity index (χ3v) is 1.61. The van der Waals surface area contributed by atoms with Gasteiger partial charge in [-0.3, -0.25) is 4.79 Å². The van der Waals surface area contributed by atoms with Gasteiger partial charge in [-0.1, -0.05) is 6.92 Å². The number of hydrogen-bond acceptors (Lipinski definition) is 3. The lowest BCUT2D eigenvalue weighted by Gasteiger charge is -2.23. The molecular formula is C8H15N3O. The van der Waals surface area contributed by atoms with Crippen LogP contribution < -0.4 is 5.73 Å². The molecule has 12 heavy (non-hydrogen) atoms. The first-order valence-electron chi connectivity index (χ1n) is 4.06. The Bertz CT molecular complexity index is 185. The van der Waals surface area contributed by atoms with Gasteiger partial charge >= 0.3 is 0 Å². The van der Waals surface area contributed by atoms with E-state index < -0.39 is 0 Å². The molecule has 0 aliphatic carbocycles. The summed E-state index contributed by atoms with van der Waals surface area (Å²) in [6, 6.07) is 1.64. The van der Waals surface area contributed by atoms with Gasteiger partial charge in [0.1, 0.15) is 6.04 Å². The summed E-state index contributed by atoms with van der Waals surface area (Å²) in [5.41, 5.74) is 5.20. The summed E-state index contributed by atoms with van der Waals surface area (Å²) < 4.78 is 0. The van der Waals surface area contributed by atoms with E-state index in [0.717, 1.165) is 6.42 Å². The standard InChI is InChI=1S/C8H15N3O/c1-3-4-11(7(2)5-9)8(12)6-10/h7H,3-4,6,10H2,1-2H3. The summed E-state index contributed by atoms with van der Waals surface area (Å²) in [6.45, 7) is 4.24. The zero-order valence-corrected chi connectivity index (χ0v) is 7.58. The average molecular weight is 169 g/mol. The number of nitrogens with zero attached hydrogens (tertiary/aromatic N) is 2. The lowest BCUT2D eigenvalue weighted by Crippen LogP contribution is -2.41. The highest BCUT2D eigenvalue weighted by atomic mass is 16.2. The largest absolute Gasteiger partial charge is 0.326 e. The Hall–Kier alpha value is -1.08. The van der Waals surface area contributed by atoms with Gasteiger partial charge in [0, 0.05) is 6.54 Å². The van der Waals surface area contributed by atoms with Crippen LogP contribution in [0.5, 0.6) is 0 Å². The maximum atomic E-state index is 11.2. The molecule has 68 valence electrons. The monoisotopic (exact) mass is 169 g/mol. The second-order valence-electron chi connectivity index (χ2n) is 2.60. The molecule has 0 saturated carbocycles. The maximum Gasteiger partial charge on any atom is 0.237 e. The van der Waals surface area contributed by atoms with Gasteiger partial charge < -0.3 is 10.6 Å². The quantitative estimate of drug-likeness (QED) is 0.648. The molecule has 1 amide bonds. The van der Waals surface area contributed by atoms with Crippen molar-refractivity contribution in [2.75, 3.05) is 13.1 Å². The number of nitriles is 1. The van der Waals surface area contributed by atoms with E-state index >= 15 is 0 Å². The Kier molecular flexibility index (Phi) is 5.06. The highest BCUT2D eigenvalue weighted by molar-refractivity contribution is 5.78. The minimum absolute atomic E-state index is 0.0218. The van der Waals surface area contributed by atoms with Crippen molar-refractivity contribution in [3.05, 3.63) is 0 Å². The zero-order valence-electron chi connectivity index (χ0n) is 7.58. The summed E-state index contributed by atoms with van der Waals surface area (Å²) in [6.07, 6.45) is 0.845. The fraction of sp³-hybridized carbons (Fsp3) is 0.750. The van der Waals surface area contributed by atoms with Crippen molar-refractivity contribution in [3.63, 3.8) is 0 Å². The molecule has 0 bridgehead atoms. The molecule has 0 saturated heterocycles. The SMILES string of the molecule is CCCN(C(=O)CN)C(C)C#N. The Morgan fingerprint density at radius 3 is 2.67 bits per heavy atom. The first-order valence-corrected chi connectivity index (χ1v) is 4.06. The zero-order chi connectivity index (χ0) is 9.56. The van der Waals surface area contributed by atoms with Gasteiger partial charge in [-0.15, -0.1) is 0 Å². The van der Waals surface area contributed by atoms with E-state index in [9.17, 15) is 4.79 Å². The van der Waals surface area contributed by atoms with E-state index in [-0.39, 0.29) is 18.5 Å².